The molecule has 2 aliphatic heterocycles. The summed E-state index contributed by atoms with van der Waals surface area (Å²) in [7, 11) is 0. The first-order chi connectivity index (χ1) is 7.59. The number of carbonyl (C=O) groups is 1. The Morgan fingerprint density at radius 2 is 1.75 bits per heavy atom. The molecule has 2 unspecified atom stereocenters. The van der Waals surface area contributed by atoms with Crippen molar-refractivity contribution in [2.75, 3.05) is 19.6 Å². The van der Waals surface area contributed by atoms with Crippen LogP contribution in [0.15, 0.2) is 0 Å². The van der Waals surface area contributed by atoms with Crippen LogP contribution in [-0.4, -0.2) is 47.5 Å². The van der Waals surface area contributed by atoms with Crippen LogP contribution < -0.4 is 5.73 Å². The summed E-state index contributed by atoms with van der Waals surface area (Å²) >= 11 is 0. The summed E-state index contributed by atoms with van der Waals surface area (Å²) in [5.74, 6) is 0.766. The molecule has 0 aliphatic carbocycles. The lowest BCUT2D eigenvalue weighted by atomic mass is 9.99. The molecule has 2 amide bonds. The average molecular weight is 225 g/mol. The van der Waals surface area contributed by atoms with Gasteiger partial charge in [0.2, 0.25) is 0 Å². The number of likely N-dealkylation sites (tertiary alicyclic amines) is 2. The van der Waals surface area contributed by atoms with E-state index >= 15 is 0 Å². The summed E-state index contributed by atoms with van der Waals surface area (Å²) in [5, 5.41) is 0. The minimum absolute atomic E-state index is 0.160. The number of hydrogen-bond donors (Lipinski definition) is 1. The molecule has 4 nitrogen and oxygen atoms in total. The topological polar surface area (TPSA) is 49.6 Å². The summed E-state index contributed by atoms with van der Waals surface area (Å²) in [6.45, 7) is 6.97. The third-order valence-corrected chi connectivity index (χ3v) is 4.11. The van der Waals surface area contributed by atoms with Gasteiger partial charge in [0.15, 0.2) is 0 Å². The smallest absolute Gasteiger partial charge is 0.320 e. The maximum absolute atomic E-state index is 12.3. The molecule has 2 aliphatic rings. The molecule has 0 saturated carbocycles. The molecule has 2 rings (SSSR count). The van der Waals surface area contributed by atoms with Crippen molar-refractivity contribution < 1.29 is 4.79 Å². The van der Waals surface area contributed by atoms with Crippen molar-refractivity contribution >= 4 is 6.03 Å². The molecule has 16 heavy (non-hydrogen) atoms. The van der Waals surface area contributed by atoms with Gasteiger partial charge >= 0.3 is 6.03 Å². The van der Waals surface area contributed by atoms with Crippen LogP contribution >= 0.6 is 0 Å². The Morgan fingerprint density at radius 3 is 2.25 bits per heavy atom. The van der Waals surface area contributed by atoms with Crippen LogP contribution in [0.1, 0.15) is 33.1 Å². The zero-order valence-electron chi connectivity index (χ0n) is 10.4. The SMILES string of the molecule is CC1CCN(C(=O)N2CCC(N)C2C)CC1. The highest BCUT2D eigenvalue weighted by molar-refractivity contribution is 5.75. The normalized spacial score (nSPS) is 32.2. The molecule has 0 aromatic heterocycles. The number of nitrogens with two attached hydrogens (primary N) is 1. The second kappa shape index (κ2) is 4.62. The molecule has 0 bridgehead atoms. The average Bonchev–Trinajstić information content (AvgIpc) is 2.60. The number of hydrogen-bond acceptors (Lipinski definition) is 2. The Morgan fingerprint density at radius 1 is 1.12 bits per heavy atom. The molecule has 0 aromatic carbocycles. The first-order valence-electron chi connectivity index (χ1n) is 6.40. The first-order valence-corrected chi connectivity index (χ1v) is 6.40. The Kier molecular flexibility index (Phi) is 3.38. The number of piperidine rings is 1. The van der Waals surface area contributed by atoms with Gasteiger partial charge in [-0.3, -0.25) is 0 Å². The number of urea groups is 1. The van der Waals surface area contributed by atoms with Crippen LogP contribution in [0.2, 0.25) is 0 Å². The van der Waals surface area contributed by atoms with E-state index in [4.69, 9.17) is 5.73 Å². The maximum atomic E-state index is 12.3. The van der Waals surface area contributed by atoms with Gasteiger partial charge in [-0.1, -0.05) is 6.92 Å². The molecule has 2 N–H and O–H groups in total. The molecule has 0 radical (unpaired) electrons. The largest absolute Gasteiger partial charge is 0.326 e. The van der Waals surface area contributed by atoms with Gasteiger partial charge < -0.3 is 15.5 Å². The third kappa shape index (κ3) is 2.17. The van der Waals surface area contributed by atoms with Crippen LogP contribution in [-0.2, 0) is 0 Å². The van der Waals surface area contributed by atoms with Crippen LogP contribution in [0, 0.1) is 5.92 Å². The molecule has 2 saturated heterocycles. The van der Waals surface area contributed by atoms with E-state index in [2.05, 4.69) is 13.8 Å². The van der Waals surface area contributed by atoms with E-state index in [0.29, 0.717) is 0 Å². The minimum atomic E-state index is 0.160. The van der Waals surface area contributed by atoms with Crippen LogP contribution in [0.3, 0.4) is 0 Å². The number of amides is 2. The van der Waals surface area contributed by atoms with Crippen molar-refractivity contribution in [3.8, 4) is 0 Å². The van der Waals surface area contributed by atoms with Gasteiger partial charge in [-0.2, -0.15) is 0 Å². The minimum Gasteiger partial charge on any atom is -0.326 e. The van der Waals surface area contributed by atoms with Crippen molar-refractivity contribution in [1.29, 1.82) is 0 Å². The molecule has 2 atom stereocenters. The molecule has 4 heteroatoms. The highest BCUT2D eigenvalue weighted by Gasteiger charge is 2.34. The Labute approximate surface area is 97.8 Å². The first kappa shape index (κ1) is 11.7. The zero-order valence-corrected chi connectivity index (χ0v) is 10.4. The lowest BCUT2D eigenvalue weighted by Crippen LogP contribution is -2.49. The van der Waals surface area contributed by atoms with E-state index in [-0.39, 0.29) is 18.1 Å². The summed E-state index contributed by atoms with van der Waals surface area (Å²) in [5.41, 5.74) is 5.95. The monoisotopic (exact) mass is 225 g/mol. The molecule has 2 heterocycles. The second-order valence-electron chi connectivity index (χ2n) is 5.34. The number of nitrogens with zero attached hydrogens (tertiary/aromatic N) is 2. The fraction of sp³-hybridized carbons (Fsp3) is 0.917. The summed E-state index contributed by atoms with van der Waals surface area (Å²) in [4.78, 5) is 16.2. The van der Waals surface area contributed by atoms with Crippen LogP contribution in [0.25, 0.3) is 0 Å². The summed E-state index contributed by atoms with van der Waals surface area (Å²) in [6, 6.07) is 0.562. The fourth-order valence-electron chi connectivity index (χ4n) is 2.62. The van der Waals surface area contributed by atoms with Gasteiger partial charge in [-0.25, -0.2) is 4.79 Å². The quantitative estimate of drug-likeness (QED) is 0.674. The number of rotatable bonds is 0. The van der Waals surface area contributed by atoms with E-state index < -0.39 is 0 Å². The Balaban J connectivity index is 1.92. The summed E-state index contributed by atoms with van der Waals surface area (Å²) < 4.78 is 0. The molecule has 2 fully saturated rings. The lowest BCUT2D eigenvalue weighted by molar-refractivity contribution is 0.132. The number of carbonyl (C=O) groups excluding carboxylic acids is 1. The second-order valence-corrected chi connectivity index (χ2v) is 5.34. The van der Waals surface area contributed by atoms with Crippen molar-refractivity contribution in [2.45, 2.75) is 45.2 Å². The molecular weight excluding hydrogens is 202 g/mol. The van der Waals surface area contributed by atoms with Gasteiger partial charge in [0.05, 0.1) is 0 Å². The third-order valence-electron chi connectivity index (χ3n) is 4.11. The predicted molar refractivity (Wildman–Crippen MR) is 64.1 cm³/mol. The highest BCUT2D eigenvalue weighted by Crippen LogP contribution is 2.21. The molecule has 92 valence electrons. The van der Waals surface area contributed by atoms with E-state index in [1.807, 2.05) is 9.80 Å². The van der Waals surface area contributed by atoms with Crippen molar-refractivity contribution in [1.82, 2.24) is 9.80 Å². The van der Waals surface area contributed by atoms with Gasteiger partial charge in [-0.05, 0) is 32.1 Å². The van der Waals surface area contributed by atoms with E-state index in [1.165, 1.54) is 0 Å². The van der Waals surface area contributed by atoms with E-state index in [0.717, 1.165) is 44.8 Å². The molecule has 0 spiro atoms. The van der Waals surface area contributed by atoms with Gasteiger partial charge in [0.25, 0.3) is 0 Å². The fourth-order valence-corrected chi connectivity index (χ4v) is 2.62. The summed E-state index contributed by atoms with van der Waals surface area (Å²) in [6.07, 6.45) is 3.22. The Bertz CT molecular complexity index is 261. The van der Waals surface area contributed by atoms with E-state index in [9.17, 15) is 4.79 Å². The predicted octanol–water partition coefficient (Wildman–Crippen LogP) is 1.26. The molecular formula is C12H23N3O. The van der Waals surface area contributed by atoms with Crippen LogP contribution in [0.5, 0.6) is 0 Å². The van der Waals surface area contributed by atoms with Crippen molar-refractivity contribution in [2.24, 2.45) is 11.7 Å². The van der Waals surface area contributed by atoms with Gasteiger partial charge in [0.1, 0.15) is 0 Å². The standard InChI is InChI=1S/C12H23N3O/c1-9-3-6-14(7-4-9)12(16)15-8-5-11(13)10(15)2/h9-11H,3-8,13H2,1-2H3. The van der Waals surface area contributed by atoms with Gasteiger partial charge in [0, 0.05) is 31.7 Å². The Hall–Kier alpha value is -0.770. The maximum Gasteiger partial charge on any atom is 0.320 e. The van der Waals surface area contributed by atoms with Crippen molar-refractivity contribution in [3.05, 3.63) is 0 Å². The van der Waals surface area contributed by atoms with E-state index in [1.54, 1.807) is 0 Å². The lowest BCUT2D eigenvalue weighted by Gasteiger charge is -2.35. The molecule has 0 aromatic rings. The zero-order chi connectivity index (χ0) is 11.7. The van der Waals surface area contributed by atoms with Crippen LogP contribution in [0.4, 0.5) is 4.79 Å². The van der Waals surface area contributed by atoms with Crippen molar-refractivity contribution in [3.63, 3.8) is 0 Å². The highest BCUT2D eigenvalue weighted by atomic mass is 16.2. The van der Waals surface area contributed by atoms with Gasteiger partial charge in [-0.15, -0.1) is 0 Å².